The van der Waals surface area contributed by atoms with Gasteiger partial charge in [-0.2, -0.15) is 0 Å². The molecule has 0 aliphatic heterocycles. The molecule has 0 aliphatic rings. The summed E-state index contributed by atoms with van der Waals surface area (Å²) < 4.78 is 0. The Morgan fingerprint density at radius 1 is 0.375 bits per heavy atom. The molecule has 228 valence electrons. The molecule has 48 heavy (non-hydrogen) atoms. The van der Waals surface area contributed by atoms with Gasteiger partial charge in [-0.15, -0.1) is 0 Å². The molecule has 0 atom stereocenters. The number of nitrogens with zero attached hydrogens (tertiary/aromatic N) is 3. The summed E-state index contributed by atoms with van der Waals surface area (Å²) in [6.07, 6.45) is 5.32. The lowest BCUT2D eigenvalue weighted by Crippen LogP contribution is -2.02. The van der Waals surface area contributed by atoms with E-state index in [1.807, 2.05) is 42.5 Å². The lowest BCUT2D eigenvalue weighted by molar-refractivity contribution is 1.04. The number of benzene rings is 6. The third-order valence-corrected chi connectivity index (χ3v) is 8.24. The Balaban J connectivity index is 1.31. The molecule has 0 radical (unpaired) electrons. The minimum atomic E-state index is 0.550. The van der Waals surface area contributed by atoms with Crippen molar-refractivity contribution in [3.63, 3.8) is 0 Å². The van der Waals surface area contributed by atoms with E-state index in [4.69, 9.17) is 15.0 Å². The van der Waals surface area contributed by atoms with Crippen molar-refractivity contribution < 1.29 is 0 Å². The quantitative estimate of drug-likeness (QED) is 0.152. The summed E-state index contributed by atoms with van der Waals surface area (Å²) in [6.45, 7) is 7.83. The maximum Gasteiger partial charge on any atom is 0.164 e. The molecule has 3 heteroatoms. The highest BCUT2D eigenvalue weighted by atomic mass is 15.0. The number of hydrogen-bond acceptors (Lipinski definition) is 3. The molecular weight excluding hydrogens is 583 g/mol. The van der Waals surface area contributed by atoms with Crippen LogP contribution in [0.25, 0.3) is 72.9 Å². The SMILES string of the molecule is C=C/C=C(\C=C)c1nc(-c2ccccc2)nc(-c2cccc(-c3cccc(-c4cc(-c5ccccc5)cc(-c5ccccc5)c4)c3)c2)n1. The predicted molar refractivity (Wildman–Crippen MR) is 201 cm³/mol. The average molecular weight is 616 g/mol. The third kappa shape index (κ3) is 6.57. The van der Waals surface area contributed by atoms with Crippen LogP contribution in [0.2, 0.25) is 0 Å². The Morgan fingerprint density at radius 2 is 0.750 bits per heavy atom. The fourth-order valence-corrected chi connectivity index (χ4v) is 5.82. The molecule has 0 bridgehead atoms. The van der Waals surface area contributed by atoms with Crippen LogP contribution >= 0.6 is 0 Å². The zero-order chi connectivity index (χ0) is 32.7. The van der Waals surface area contributed by atoms with Gasteiger partial charge in [0.15, 0.2) is 17.5 Å². The topological polar surface area (TPSA) is 38.7 Å². The Kier molecular flexibility index (Phi) is 8.75. The van der Waals surface area contributed by atoms with Gasteiger partial charge in [-0.3, -0.25) is 0 Å². The highest BCUT2D eigenvalue weighted by Crippen LogP contribution is 2.35. The van der Waals surface area contributed by atoms with Crippen LogP contribution in [0.15, 0.2) is 189 Å². The molecule has 3 nitrogen and oxygen atoms in total. The molecule has 0 saturated heterocycles. The summed E-state index contributed by atoms with van der Waals surface area (Å²) in [5.41, 5.74) is 11.8. The molecule has 1 heterocycles. The summed E-state index contributed by atoms with van der Waals surface area (Å²) in [6, 6.07) is 55.0. The maximum absolute atomic E-state index is 4.92. The van der Waals surface area contributed by atoms with Crippen LogP contribution in [0, 0.1) is 0 Å². The zero-order valence-corrected chi connectivity index (χ0v) is 26.5. The minimum absolute atomic E-state index is 0.550. The van der Waals surface area contributed by atoms with Crippen LogP contribution < -0.4 is 0 Å². The van der Waals surface area contributed by atoms with E-state index in [1.54, 1.807) is 12.2 Å². The van der Waals surface area contributed by atoms with Gasteiger partial charge in [0, 0.05) is 16.7 Å². The van der Waals surface area contributed by atoms with Crippen LogP contribution in [0.3, 0.4) is 0 Å². The highest BCUT2D eigenvalue weighted by molar-refractivity contribution is 5.83. The van der Waals surface area contributed by atoms with Gasteiger partial charge in [-0.1, -0.05) is 159 Å². The number of aromatic nitrogens is 3. The van der Waals surface area contributed by atoms with Gasteiger partial charge < -0.3 is 0 Å². The average Bonchev–Trinajstić information content (AvgIpc) is 3.17. The van der Waals surface area contributed by atoms with Gasteiger partial charge in [-0.25, -0.2) is 15.0 Å². The lowest BCUT2D eigenvalue weighted by Gasteiger charge is -2.13. The van der Waals surface area contributed by atoms with Gasteiger partial charge >= 0.3 is 0 Å². The van der Waals surface area contributed by atoms with Crippen LogP contribution in [-0.2, 0) is 0 Å². The van der Waals surface area contributed by atoms with Crippen molar-refractivity contribution in [1.82, 2.24) is 15.0 Å². The number of rotatable bonds is 9. The number of allylic oxidation sites excluding steroid dienone is 4. The second-order valence-corrected chi connectivity index (χ2v) is 11.4. The van der Waals surface area contributed by atoms with E-state index < -0.39 is 0 Å². The molecule has 0 saturated carbocycles. The van der Waals surface area contributed by atoms with Crippen molar-refractivity contribution in [1.29, 1.82) is 0 Å². The van der Waals surface area contributed by atoms with Crippen LogP contribution in [0.1, 0.15) is 5.82 Å². The van der Waals surface area contributed by atoms with Gasteiger partial charge in [0.25, 0.3) is 0 Å². The van der Waals surface area contributed by atoms with Gasteiger partial charge in [0.2, 0.25) is 0 Å². The Labute approximate surface area is 282 Å². The van der Waals surface area contributed by atoms with Crippen molar-refractivity contribution in [2.45, 2.75) is 0 Å². The molecule has 6 aromatic carbocycles. The first kappa shape index (κ1) is 30.2. The maximum atomic E-state index is 4.92. The van der Waals surface area contributed by atoms with Gasteiger partial charge in [0.1, 0.15) is 0 Å². The molecular formula is C45H33N3. The molecule has 0 amide bonds. The normalized spacial score (nSPS) is 11.2. The van der Waals surface area contributed by atoms with E-state index in [2.05, 4.69) is 134 Å². The fraction of sp³-hybridized carbons (Fsp3) is 0. The molecule has 0 N–H and O–H groups in total. The van der Waals surface area contributed by atoms with E-state index in [0.717, 1.165) is 39.0 Å². The van der Waals surface area contributed by atoms with Crippen molar-refractivity contribution in [3.8, 4) is 67.3 Å². The first-order chi connectivity index (χ1) is 23.7. The van der Waals surface area contributed by atoms with Crippen molar-refractivity contribution in [2.75, 3.05) is 0 Å². The van der Waals surface area contributed by atoms with Crippen LogP contribution in [0.4, 0.5) is 0 Å². The standard InChI is InChI=1S/C45H33N3/c1-3-16-32(4-2)43-46-44(35-21-12-7-13-22-35)48-45(47-43)39-26-15-24-37(28-39)36-23-14-25-38(27-36)42-30-40(33-17-8-5-9-18-33)29-41(31-42)34-19-10-6-11-20-34/h3-31H,1-2H2/b32-16+. The van der Waals surface area contributed by atoms with E-state index >= 15 is 0 Å². The van der Waals surface area contributed by atoms with Gasteiger partial charge in [-0.05, 0) is 74.8 Å². The third-order valence-electron chi connectivity index (χ3n) is 8.24. The molecule has 7 aromatic rings. The highest BCUT2D eigenvalue weighted by Gasteiger charge is 2.14. The molecule has 0 unspecified atom stereocenters. The van der Waals surface area contributed by atoms with E-state index in [0.29, 0.717) is 17.5 Å². The molecule has 0 spiro atoms. The lowest BCUT2D eigenvalue weighted by atomic mass is 9.92. The summed E-state index contributed by atoms with van der Waals surface area (Å²) in [4.78, 5) is 14.6. The predicted octanol–water partition coefficient (Wildman–Crippen LogP) is 11.6. The zero-order valence-electron chi connectivity index (χ0n) is 26.5. The number of hydrogen-bond donors (Lipinski definition) is 0. The van der Waals surface area contributed by atoms with E-state index in [-0.39, 0.29) is 0 Å². The summed E-state index contributed by atoms with van der Waals surface area (Å²) in [5.74, 6) is 1.75. The minimum Gasteiger partial charge on any atom is -0.208 e. The monoisotopic (exact) mass is 615 g/mol. The second kappa shape index (κ2) is 13.9. The first-order valence-electron chi connectivity index (χ1n) is 15.9. The first-order valence-corrected chi connectivity index (χ1v) is 15.9. The summed E-state index contributed by atoms with van der Waals surface area (Å²) in [5, 5.41) is 0. The van der Waals surface area contributed by atoms with Crippen molar-refractivity contribution >= 4 is 5.57 Å². The molecule has 7 rings (SSSR count). The summed E-state index contributed by atoms with van der Waals surface area (Å²) in [7, 11) is 0. The second-order valence-electron chi connectivity index (χ2n) is 11.4. The van der Waals surface area contributed by atoms with Crippen LogP contribution in [-0.4, -0.2) is 15.0 Å². The van der Waals surface area contributed by atoms with Crippen LogP contribution in [0.5, 0.6) is 0 Å². The Hall–Kier alpha value is -6.45. The Bertz CT molecular complexity index is 2190. The van der Waals surface area contributed by atoms with E-state index in [9.17, 15) is 0 Å². The smallest absolute Gasteiger partial charge is 0.164 e. The molecule has 1 aromatic heterocycles. The van der Waals surface area contributed by atoms with E-state index in [1.165, 1.54) is 22.3 Å². The van der Waals surface area contributed by atoms with Crippen molar-refractivity contribution in [2.24, 2.45) is 0 Å². The van der Waals surface area contributed by atoms with Crippen molar-refractivity contribution in [3.05, 3.63) is 195 Å². The van der Waals surface area contributed by atoms with Gasteiger partial charge in [0.05, 0.1) is 0 Å². The molecule has 0 aliphatic carbocycles. The largest absolute Gasteiger partial charge is 0.208 e. The Morgan fingerprint density at radius 3 is 1.25 bits per heavy atom. The summed E-state index contributed by atoms with van der Waals surface area (Å²) >= 11 is 0. The fourth-order valence-electron chi connectivity index (χ4n) is 5.82. The molecule has 0 fully saturated rings.